The topological polar surface area (TPSA) is 80.3 Å². The number of aromatic nitrogens is 1. The molecule has 21 heavy (non-hydrogen) atoms. The van der Waals surface area contributed by atoms with E-state index in [-0.39, 0.29) is 11.0 Å². The summed E-state index contributed by atoms with van der Waals surface area (Å²) in [6.45, 7) is 3.68. The number of nitrogens with zero attached hydrogens (tertiary/aromatic N) is 1. The predicted molar refractivity (Wildman–Crippen MR) is 84.9 cm³/mol. The normalized spacial score (nSPS) is 18.9. The summed E-state index contributed by atoms with van der Waals surface area (Å²) in [5.74, 6) is 0.375. The van der Waals surface area contributed by atoms with Gasteiger partial charge in [-0.3, -0.25) is 0 Å². The van der Waals surface area contributed by atoms with Gasteiger partial charge in [-0.15, -0.1) is 0 Å². The van der Waals surface area contributed by atoms with Crippen molar-refractivity contribution in [1.82, 2.24) is 9.71 Å². The Morgan fingerprint density at radius 1 is 1.52 bits per heavy atom. The summed E-state index contributed by atoms with van der Waals surface area (Å²) in [6, 6.07) is 1.56. The Morgan fingerprint density at radius 2 is 2.33 bits per heavy atom. The van der Waals surface area contributed by atoms with Gasteiger partial charge in [0.05, 0.1) is 6.10 Å². The van der Waals surface area contributed by atoms with Crippen molar-refractivity contribution in [3.8, 4) is 0 Å². The standard InChI is InChI=1S/C13H20BrN3O3S/c1-2-5-15-13-12(7-10(14)8-16-13)21(18,19)17-9-11-4-3-6-20-11/h7-8,11,17H,2-6,9H2,1H3,(H,15,16). The Morgan fingerprint density at radius 3 is 3.00 bits per heavy atom. The number of halogens is 1. The number of anilines is 1. The Labute approximate surface area is 133 Å². The Hall–Kier alpha value is -0.700. The molecule has 0 bridgehead atoms. The molecular formula is C13H20BrN3O3S. The lowest BCUT2D eigenvalue weighted by atomic mass is 10.2. The second kappa shape index (κ2) is 7.53. The minimum atomic E-state index is -3.62. The molecule has 1 fully saturated rings. The van der Waals surface area contributed by atoms with Gasteiger partial charge in [-0.1, -0.05) is 6.92 Å². The first-order chi connectivity index (χ1) is 10.0. The lowest BCUT2D eigenvalue weighted by Crippen LogP contribution is -2.32. The molecule has 2 heterocycles. The van der Waals surface area contributed by atoms with Crippen molar-refractivity contribution < 1.29 is 13.2 Å². The number of hydrogen-bond donors (Lipinski definition) is 2. The lowest BCUT2D eigenvalue weighted by Gasteiger charge is -2.14. The van der Waals surface area contributed by atoms with Crippen molar-refractivity contribution in [3.63, 3.8) is 0 Å². The molecule has 0 amide bonds. The zero-order chi connectivity index (χ0) is 15.3. The third kappa shape index (κ3) is 4.64. The van der Waals surface area contributed by atoms with Crippen LogP contribution in [0.3, 0.4) is 0 Å². The van der Waals surface area contributed by atoms with Gasteiger partial charge < -0.3 is 10.1 Å². The van der Waals surface area contributed by atoms with E-state index in [0.717, 1.165) is 19.3 Å². The molecule has 2 rings (SSSR count). The largest absolute Gasteiger partial charge is 0.377 e. The fraction of sp³-hybridized carbons (Fsp3) is 0.615. The molecule has 0 saturated carbocycles. The number of sulfonamides is 1. The number of hydrogen-bond acceptors (Lipinski definition) is 5. The van der Waals surface area contributed by atoms with Gasteiger partial charge in [0, 0.05) is 30.4 Å². The Balaban J connectivity index is 2.14. The zero-order valence-corrected chi connectivity index (χ0v) is 14.3. The highest BCUT2D eigenvalue weighted by molar-refractivity contribution is 9.10. The lowest BCUT2D eigenvalue weighted by molar-refractivity contribution is 0.114. The van der Waals surface area contributed by atoms with Crippen LogP contribution in [0, 0.1) is 0 Å². The fourth-order valence-corrected chi connectivity index (χ4v) is 3.79. The minimum absolute atomic E-state index is 0.0352. The molecule has 1 aliphatic heterocycles. The molecule has 1 aromatic rings. The molecule has 1 aromatic heterocycles. The molecule has 118 valence electrons. The molecule has 0 radical (unpaired) electrons. The van der Waals surface area contributed by atoms with E-state index >= 15 is 0 Å². The SMILES string of the molecule is CCCNc1ncc(Br)cc1S(=O)(=O)NCC1CCCO1. The maximum absolute atomic E-state index is 12.5. The molecule has 1 unspecified atom stereocenters. The van der Waals surface area contributed by atoms with Crippen LogP contribution in [0.15, 0.2) is 21.6 Å². The maximum Gasteiger partial charge on any atom is 0.244 e. The quantitative estimate of drug-likeness (QED) is 0.760. The van der Waals surface area contributed by atoms with Crippen LogP contribution in [0.25, 0.3) is 0 Å². The molecular weight excluding hydrogens is 358 g/mol. The number of nitrogens with one attached hydrogen (secondary N) is 2. The highest BCUT2D eigenvalue weighted by Crippen LogP contribution is 2.23. The van der Waals surface area contributed by atoms with Crippen LogP contribution in [-0.2, 0) is 14.8 Å². The second-order valence-corrected chi connectivity index (χ2v) is 7.57. The smallest absolute Gasteiger partial charge is 0.244 e. The predicted octanol–water partition coefficient (Wildman–Crippen LogP) is 2.12. The first kappa shape index (κ1) is 16.7. The summed E-state index contributed by atoms with van der Waals surface area (Å²) in [5, 5.41) is 3.04. The van der Waals surface area contributed by atoms with Crippen LogP contribution >= 0.6 is 15.9 Å². The van der Waals surface area contributed by atoms with Gasteiger partial charge in [-0.2, -0.15) is 0 Å². The maximum atomic E-state index is 12.5. The van der Waals surface area contributed by atoms with E-state index in [1.54, 1.807) is 12.3 Å². The average molecular weight is 378 g/mol. The average Bonchev–Trinajstić information content (AvgIpc) is 2.97. The molecule has 2 N–H and O–H groups in total. The van der Waals surface area contributed by atoms with Crippen LogP contribution in [0.2, 0.25) is 0 Å². The summed E-state index contributed by atoms with van der Waals surface area (Å²) in [5.41, 5.74) is 0. The summed E-state index contributed by atoms with van der Waals surface area (Å²) in [7, 11) is -3.62. The molecule has 1 aliphatic rings. The highest BCUT2D eigenvalue weighted by atomic mass is 79.9. The molecule has 0 aromatic carbocycles. The van der Waals surface area contributed by atoms with Gasteiger partial charge in [0.15, 0.2) is 0 Å². The van der Waals surface area contributed by atoms with E-state index in [4.69, 9.17) is 4.74 Å². The first-order valence-electron chi connectivity index (χ1n) is 7.03. The second-order valence-electron chi connectivity index (χ2n) is 4.91. The monoisotopic (exact) mass is 377 g/mol. The summed E-state index contributed by atoms with van der Waals surface area (Å²) < 4.78 is 33.6. The molecule has 8 heteroatoms. The first-order valence-corrected chi connectivity index (χ1v) is 9.31. The van der Waals surface area contributed by atoms with Crippen molar-refractivity contribution in [3.05, 3.63) is 16.7 Å². The van der Waals surface area contributed by atoms with Crippen LogP contribution in [-0.4, -0.2) is 39.2 Å². The van der Waals surface area contributed by atoms with E-state index in [0.29, 0.717) is 30.0 Å². The number of ether oxygens (including phenoxy) is 1. The van der Waals surface area contributed by atoms with Gasteiger partial charge in [-0.25, -0.2) is 18.1 Å². The molecule has 6 nitrogen and oxygen atoms in total. The summed E-state index contributed by atoms with van der Waals surface area (Å²) in [6.07, 6.45) is 4.30. The van der Waals surface area contributed by atoms with E-state index in [1.807, 2.05) is 6.92 Å². The van der Waals surface area contributed by atoms with Gasteiger partial charge in [0.25, 0.3) is 0 Å². The molecule has 0 spiro atoms. The van der Waals surface area contributed by atoms with Crippen LogP contribution < -0.4 is 10.0 Å². The van der Waals surface area contributed by atoms with Crippen molar-refractivity contribution in [2.45, 2.75) is 37.2 Å². The van der Waals surface area contributed by atoms with Gasteiger partial charge >= 0.3 is 0 Å². The number of rotatable bonds is 7. The molecule has 0 aliphatic carbocycles. The summed E-state index contributed by atoms with van der Waals surface area (Å²) in [4.78, 5) is 4.31. The van der Waals surface area contributed by atoms with Crippen molar-refractivity contribution >= 4 is 31.8 Å². The van der Waals surface area contributed by atoms with Crippen molar-refractivity contribution in [1.29, 1.82) is 0 Å². The van der Waals surface area contributed by atoms with E-state index < -0.39 is 10.0 Å². The Kier molecular flexibility index (Phi) is 5.98. The third-order valence-electron chi connectivity index (χ3n) is 3.18. The van der Waals surface area contributed by atoms with E-state index in [1.165, 1.54) is 0 Å². The van der Waals surface area contributed by atoms with Crippen molar-refractivity contribution in [2.75, 3.05) is 25.0 Å². The van der Waals surface area contributed by atoms with Gasteiger partial charge in [0.1, 0.15) is 10.7 Å². The summed E-state index contributed by atoms with van der Waals surface area (Å²) >= 11 is 3.27. The van der Waals surface area contributed by atoms with Crippen molar-refractivity contribution in [2.24, 2.45) is 0 Å². The third-order valence-corrected chi connectivity index (χ3v) is 5.05. The zero-order valence-electron chi connectivity index (χ0n) is 11.9. The molecule has 1 atom stereocenters. The van der Waals surface area contributed by atoms with Gasteiger partial charge in [0.2, 0.25) is 10.0 Å². The number of pyridine rings is 1. The van der Waals surface area contributed by atoms with E-state index in [9.17, 15) is 8.42 Å². The van der Waals surface area contributed by atoms with Crippen LogP contribution in [0.5, 0.6) is 0 Å². The fourth-order valence-electron chi connectivity index (χ4n) is 2.09. The highest BCUT2D eigenvalue weighted by Gasteiger charge is 2.23. The minimum Gasteiger partial charge on any atom is -0.377 e. The van der Waals surface area contributed by atoms with Crippen LogP contribution in [0.1, 0.15) is 26.2 Å². The Bertz CT molecular complexity index is 574. The van der Waals surface area contributed by atoms with Gasteiger partial charge in [-0.05, 0) is 41.3 Å². The molecule has 1 saturated heterocycles. The van der Waals surface area contributed by atoms with E-state index in [2.05, 4.69) is 31.0 Å². The van der Waals surface area contributed by atoms with Crippen LogP contribution in [0.4, 0.5) is 5.82 Å².